The van der Waals surface area contributed by atoms with E-state index in [4.69, 9.17) is 4.74 Å². The second kappa shape index (κ2) is 4.53. The van der Waals surface area contributed by atoms with Crippen molar-refractivity contribution in [3.8, 4) is 0 Å². The molecule has 6 heteroatoms. The van der Waals surface area contributed by atoms with Gasteiger partial charge in [-0.2, -0.15) is 0 Å². The van der Waals surface area contributed by atoms with Crippen molar-refractivity contribution in [2.75, 3.05) is 4.90 Å². The minimum Gasteiger partial charge on any atom is -0.480 e. The van der Waals surface area contributed by atoms with Crippen LogP contribution in [0.15, 0.2) is 18.3 Å². The molecule has 102 valence electrons. The highest BCUT2D eigenvalue weighted by atomic mass is 16.6. The van der Waals surface area contributed by atoms with Crippen LogP contribution in [0.2, 0.25) is 0 Å². The number of hydrogen-bond donors (Lipinski definition) is 1. The lowest BCUT2D eigenvalue weighted by molar-refractivity contribution is -0.138. The Morgan fingerprint density at radius 1 is 1.47 bits per heavy atom. The van der Waals surface area contributed by atoms with E-state index in [0.717, 1.165) is 10.5 Å². The summed E-state index contributed by atoms with van der Waals surface area (Å²) in [7, 11) is 0. The summed E-state index contributed by atoms with van der Waals surface area (Å²) in [5.74, 6) is -0.701. The molecule has 0 radical (unpaired) electrons. The zero-order valence-electron chi connectivity index (χ0n) is 11.1. The highest BCUT2D eigenvalue weighted by Crippen LogP contribution is 2.31. The fourth-order valence-corrected chi connectivity index (χ4v) is 1.98. The summed E-state index contributed by atoms with van der Waals surface area (Å²) in [5.41, 5.74) is 0.0539. The van der Waals surface area contributed by atoms with Crippen LogP contribution in [0.25, 0.3) is 0 Å². The largest absolute Gasteiger partial charge is 0.480 e. The van der Waals surface area contributed by atoms with Crippen LogP contribution in [-0.2, 0) is 16.0 Å². The van der Waals surface area contributed by atoms with Gasteiger partial charge in [0, 0.05) is 12.6 Å². The number of nitrogens with zero attached hydrogens (tertiary/aromatic N) is 2. The maximum Gasteiger partial charge on any atom is 0.416 e. The molecule has 0 saturated carbocycles. The van der Waals surface area contributed by atoms with Crippen LogP contribution < -0.4 is 4.90 Å². The molecule has 1 aromatic rings. The molecule has 0 saturated heterocycles. The number of aliphatic carboxylic acids is 1. The minimum atomic E-state index is -1.07. The topological polar surface area (TPSA) is 79.7 Å². The average Bonchev–Trinajstić information content (AvgIpc) is 2.65. The number of carboxylic acid groups (broad SMARTS) is 1. The predicted octanol–water partition coefficient (Wildman–Crippen LogP) is 1.83. The Balaban J connectivity index is 2.34. The maximum absolute atomic E-state index is 12.1. The van der Waals surface area contributed by atoms with Crippen molar-refractivity contribution in [2.45, 2.75) is 38.8 Å². The van der Waals surface area contributed by atoms with E-state index in [1.807, 2.05) is 0 Å². The summed E-state index contributed by atoms with van der Waals surface area (Å²) in [6.45, 7) is 5.20. The number of amides is 1. The number of rotatable bonds is 1. The molecule has 1 aliphatic heterocycles. The zero-order valence-corrected chi connectivity index (χ0v) is 11.1. The van der Waals surface area contributed by atoms with Crippen LogP contribution in [0, 0.1) is 0 Å². The average molecular weight is 264 g/mol. The highest BCUT2D eigenvalue weighted by molar-refractivity contribution is 5.97. The first-order valence-corrected chi connectivity index (χ1v) is 5.98. The minimum absolute atomic E-state index is 0.248. The molecule has 2 rings (SSSR count). The van der Waals surface area contributed by atoms with Gasteiger partial charge in [-0.15, -0.1) is 0 Å². The molecule has 1 amide bonds. The van der Waals surface area contributed by atoms with Gasteiger partial charge < -0.3 is 9.84 Å². The Bertz CT molecular complexity index is 522. The summed E-state index contributed by atoms with van der Waals surface area (Å²) in [4.78, 5) is 28.6. The molecular formula is C13H16N2O4. The molecule has 2 heterocycles. The summed E-state index contributed by atoms with van der Waals surface area (Å²) in [6.07, 6.45) is 1.09. The molecule has 0 spiro atoms. The summed E-state index contributed by atoms with van der Waals surface area (Å²) >= 11 is 0. The third kappa shape index (κ3) is 2.67. The van der Waals surface area contributed by atoms with Crippen LogP contribution in [0.5, 0.6) is 0 Å². The van der Waals surface area contributed by atoms with Crippen LogP contribution in [0.1, 0.15) is 26.3 Å². The fourth-order valence-electron chi connectivity index (χ4n) is 1.98. The first kappa shape index (κ1) is 13.3. The molecule has 6 nitrogen and oxygen atoms in total. The smallest absolute Gasteiger partial charge is 0.416 e. The van der Waals surface area contributed by atoms with Crippen LogP contribution in [0.4, 0.5) is 10.6 Å². The Labute approximate surface area is 111 Å². The van der Waals surface area contributed by atoms with Crippen molar-refractivity contribution in [3.63, 3.8) is 0 Å². The molecule has 0 fully saturated rings. The van der Waals surface area contributed by atoms with Gasteiger partial charge in [-0.25, -0.2) is 19.5 Å². The van der Waals surface area contributed by atoms with Crippen molar-refractivity contribution < 1.29 is 19.4 Å². The molecule has 1 atom stereocenters. The first-order chi connectivity index (χ1) is 8.79. The lowest BCUT2D eigenvalue weighted by Crippen LogP contribution is -2.45. The van der Waals surface area contributed by atoms with E-state index in [0.29, 0.717) is 5.82 Å². The lowest BCUT2D eigenvalue weighted by atomic mass is 10.1. The standard InChI is InChI=1S/C13H16N2O4/c1-13(2,3)19-12(18)15-9(11(16)17)7-8-5-4-6-14-10(8)15/h4-6,9H,7H2,1-3H3,(H,16,17)/t9-/m0/s1. The van der Waals surface area contributed by atoms with Crippen LogP contribution >= 0.6 is 0 Å². The highest BCUT2D eigenvalue weighted by Gasteiger charge is 2.41. The maximum atomic E-state index is 12.1. The molecule has 0 aromatic carbocycles. The Morgan fingerprint density at radius 2 is 2.16 bits per heavy atom. The first-order valence-electron chi connectivity index (χ1n) is 5.98. The van der Waals surface area contributed by atoms with Crippen molar-refractivity contribution in [1.82, 2.24) is 4.98 Å². The summed E-state index contributed by atoms with van der Waals surface area (Å²) in [5, 5.41) is 9.23. The van der Waals surface area contributed by atoms with E-state index in [1.165, 1.54) is 6.20 Å². The van der Waals surface area contributed by atoms with Gasteiger partial charge in [-0.3, -0.25) is 0 Å². The molecule has 1 aromatic heterocycles. The van der Waals surface area contributed by atoms with Crippen LogP contribution in [0.3, 0.4) is 0 Å². The number of pyridine rings is 1. The summed E-state index contributed by atoms with van der Waals surface area (Å²) < 4.78 is 5.24. The quantitative estimate of drug-likeness (QED) is 0.837. The number of carbonyl (C=O) groups excluding carboxylic acids is 1. The van der Waals surface area contributed by atoms with E-state index >= 15 is 0 Å². The summed E-state index contributed by atoms with van der Waals surface area (Å²) in [6, 6.07) is 2.53. The van der Waals surface area contributed by atoms with Gasteiger partial charge >= 0.3 is 12.1 Å². The van der Waals surface area contributed by atoms with Gasteiger partial charge in [0.15, 0.2) is 0 Å². The second-order valence-electron chi connectivity index (χ2n) is 5.39. The third-order valence-corrected chi connectivity index (χ3v) is 2.70. The Hall–Kier alpha value is -2.11. The third-order valence-electron chi connectivity index (χ3n) is 2.70. The normalized spacial score (nSPS) is 18.1. The van der Waals surface area contributed by atoms with Gasteiger partial charge in [0.25, 0.3) is 0 Å². The van der Waals surface area contributed by atoms with Crippen molar-refractivity contribution in [3.05, 3.63) is 23.9 Å². The molecule has 1 N–H and O–H groups in total. The van der Waals surface area contributed by atoms with Gasteiger partial charge in [-0.05, 0) is 32.4 Å². The van der Waals surface area contributed by atoms with Crippen molar-refractivity contribution in [1.29, 1.82) is 0 Å². The molecule has 19 heavy (non-hydrogen) atoms. The van der Waals surface area contributed by atoms with E-state index in [9.17, 15) is 14.7 Å². The molecule has 1 aliphatic rings. The van der Waals surface area contributed by atoms with E-state index in [1.54, 1.807) is 32.9 Å². The molecule has 0 unspecified atom stereocenters. The van der Waals surface area contributed by atoms with Gasteiger partial charge in [0.05, 0.1) is 0 Å². The number of fused-ring (bicyclic) bond motifs is 1. The number of carbonyl (C=O) groups is 2. The van der Waals surface area contributed by atoms with Crippen molar-refractivity contribution in [2.24, 2.45) is 0 Å². The number of hydrogen-bond acceptors (Lipinski definition) is 4. The Morgan fingerprint density at radius 3 is 2.74 bits per heavy atom. The molecular weight excluding hydrogens is 248 g/mol. The second-order valence-corrected chi connectivity index (χ2v) is 5.39. The molecule has 0 bridgehead atoms. The van der Waals surface area contributed by atoms with Crippen molar-refractivity contribution >= 4 is 17.9 Å². The van der Waals surface area contributed by atoms with Gasteiger partial charge in [-0.1, -0.05) is 6.07 Å². The zero-order chi connectivity index (χ0) is 14.2. The number of anilines is 1. The fraction of sp³-hybridized carbons (Fsp3) is 0.462. The predicted molar refractivity (Wildman–Crippen MR) is 68.1 cm³/mol. The van der Waals surface area contributed by atoms with E-state index in [2.05, 4.69) is 4.98 Å². The molecule has 0 aliphatic carbocycles. The number of carboxylic acids is 1. The SMILES string of the molecule is CC(C)(C)OC(=O)N1c2ncccc2C[C@H]1C(=O)O. The van der Waals surface area contributed by atoms with E-state index < -0.39 is 23.7 Å². The van der Waals surface area contributed by atoms with Gasteiger partial charge in [0.1, 0.15) is 17.5 Å². The number of aromatic nitrogens is 1. The monoisotopic (exact) mass is 264 g/mol. The van der Waals surface area contributed by atoms with Crippen LogP contribution in [-0.4, -0.2) is 33.8 Å². The van der Waals surface area contributed by atoms with Gasteiger partial charge in [0.2, 0.25) is 0 Å². The number of ether oxygens (including phenoxy) is 1. The Kier molecular flexibility index (Phi) is 3.18. The van der Waals surface area contributed by atoms with E-state index in [-0.39, 0.29) is 6.42 Å². The lowest BCUT2D eigenvalue weighted by Gasteiger charge is -2.26.